The Hall–Kier alpha value is 0.270. The molecule has 3 heteroatoms. The van der Waals surface area contributed by atoms with Crippen molar-refractivity contribution in [1.29, 1.82) is 0 Å². The Morgan fingerprint density at radius 2 is 2.20 bits per heavy atom. The molecule has 1 saturated carbocycles. The third kappa shape index (κ3) is 3.97. The molecular weight excluding hydrogens is 204 g/mol. The predicted molar refractivity (Wildman–Crippen MR) is 68.5 cm³/mol. The number of hydrogen-bond acceptors (Lipinski definition) is 3. The monoisotopic (exact) mass is 228 g/mol. The minimum atomic E-state index is 0.742. The van der Waals surface area contributed by atoms with Crippen molar-refractivity contribution >= 4 is 11.8 Å². The molecule has 1 saturated heterocycles. The smallest absolute Gasteiger partial charge is 0.0210 e. The van der Waals surface area contributed by atoms with E-state index in [4.69, 9.17) is 0 Å². The van der Waals surface area contributed by atoms with Gasteiger partial charge in [-0.25, -0.2) is 0 Å². The fourth-order valence-electron chi connectivity index (χ4n) is 2.21. The zero-order chi connectivity index (χ0) is 10.7. The third-order valence-electron chi connectivity index (χ3n) is 3.62. The van der Waals surface area contributed by atoms with E-state index in [0.717, 1.165) is 18.0 Å². The van der Waals surface area contributed by atoms with Crippen LogP contribution < -0.4 is 5.32 Å². The molecule has 1 heterocycles. The Morgan fingerprint density at radius 1 is 1.40 bits per heavy atom. The van der Waals surface area contributed by atoms with E-state index in [9.17, 15) is 0 Å². The summed E-state index contributed by atoms with van der Waals surface area (Å²) in [5, 5.41) is 3.67. The summed E-state index contributed by atoms with van der Waals surface area (Å²) in [5.41, 5.74) is 0. The Kier molecular flexibility index (Phi) is 4.35. The fraction of sp³-hybridized carbons (Fsp3) is 1.00. The molecule has 1 aliphatic heterocycles. The van der Waals surface area contributed by atoms with Crippen molar-refractivity contribution in [2.75, 3.05) is 31.6 Å². The summed E-state index contributed by atoms with van der Waals surface area (Å²) in [6.45, 7) is 4.75. The van der Waals surface area contributed by atoms with Gasteiger partial charge in [0.25, 0.3) is 0 Å². The Balaban J connectivity index is 1.47. The highest BCUT2D eigenvalue weighted by atomic mass is 32.2. The summed E-state index contributed by atoms with van der Waals surface area (Å²) in [7, 11) is 2.23. The molecule has 1 aliphatic carbocycles. The molecule has 0 bridgehead atoms. The molecule has 0 aromatic rings. The first-order valence-corrected chi connectivity index (χ1v) is 7.42. The Labute approximate surface area is 98.2 Å². The van der Waals surface area contributed by atoms with Gasteiger partial charge in [0.1, 0.15) is 0 Å². The molecule has 0 amide bonds. The predicted octanol–water partition coefficient (Wildman–Crippen LogP) is 1.81. The van der Waals surface area contributed by atoms with Crippen LogP contribution in [0, 0.1) is 5.92 Å². The highest BCUT2D eigenvalue weighted by Gasteiger charge is 2.25. The van der Waals surface area contributed by atoms with E-state index in [1.807, 2.05) is 0 Å². The van der Waals surface area contributed by atoms with Gasteiger partial charge in [0.2, 0.25) is 0 Å². The summed E-state index contributed by atoms with van der Waals surface area (Å²) in [5.74, 6) is 3.78. The van der Waals surface area contributed by atoms with Crippen LogP contribution in [0.2, 0.25) is 0 Å². The van der Waals surface area contributed by atoms with Crippen molar-refractivity contribution in [2.45, 2.75) is 38.3 Å². The van der Waals surface area contributed by atoms with Gasteiger partial charge in [-0.2, -0.15) is 11.8 Å². The number of hydrogen-bond donors (Lipinski definition) is 1. The molecule has 15 heavy (non-hydrogen) atoms. The van der Waals surface area contributed by atoms with E-state index in [-0.39, 0.29) is 0 Å². The van der Waals surface area contributed by atoms with Gasteiger partial charge in [-0.1, -0.05) is 0 Å². The molecule has 2 rings (SSSR count). The van der Waals surface area contributed by atoms with Gasteiger partial charge < -0.3 is 10.2 Å². The van der Waals surface area contributed by atoms with Crippen LogP contribution in [0.1, 0.15) is 26.2 Å². The second-order valence-corrected chi connectivity index (χ2v) is 6.34. The van der Waals surface area contributed by atoms with Crippen LogP contribution in [-0.2, 0) is 0 Å². The second-order valence-electron chi connectivity index (χ2n) is 5.19. The minimum absolute atomic E-state index is 0.742. The number of nitrogens with zero attached hydrogens (tertiary/aromatic N) is 1. The molecule has 1 N–H and O–H groups in total. The van der Waals surface area contributed by atoms with E-state index >= 15 is 0 Å². The minimum Gasteiger partial charge on any atom is -0.312 e. The lowest BCUT2D eigenvalue weighted by molar-refractivity contribution is 0.327. The van der Waals surface area contributed by atoms with Gasteiger partial charge in [-0.15, -0.1) is 0 Å². The van der Waals surface area contributed by atoms with Crippen LogP contribution in [0.4, 0.5) is 0 Å². The van der Waals surface area contributed by atoms with Crippen molar-refractivity contribution in [2.24, 2.45) is 5.92 Å². The highest BCUT2D eigenvalue weighted by molar-refractivity contribution is 7.99. The van der Waals surface area contributed by atoms with Crippen LogP contribution in [0.25, 0.3) is 0 Å². The first kappa shape index (κ1) is 11.7. The molecule has 2 aliphatic rings. The number of likely N-dealkylation sites (tertiary alicyclic amines) is 1. The molecule has 2 fully saturated rings. The van der Waals surface area contributed by atoms with E-state index in [0.29, 0.717) is 0 Å². The highest BCUT2D eigenvalue weighted by Crippen LogP contribution is 2.32. The fourth-order valence-corrected chi connectivity index (χ4v) is 3.31. The average Bonchev–Trinajstić information content (AvgIpc) is 2.95. The Morgan fingerprint density at radius 3 is 2.80 bits per heavy atom. The molecular formula is C12H24N2S. The van der Waals surface area contributed by atoms with Gasteiger partial charge in [-0.05, 0) is 44.9 Å². The summed E-state index contributed by atoms with van der Waals surface area (Å²) in [4.78, 5) is 2.45. The SMILES string of the molecule is CC1CC(NCCSCC2CC2)CN1C. The molecule has 0 aromatic carbocycles. The normalized spacial score (nSPS) is 32.4. The molecule has 0 aromatic heterocycles. The maximum atomic E-state index is 3.67. The maximum Gasteiger partial charge on any atom is 0.0210 e. The lowest BCUT2D eigenvalue weighted by Gasteiger charge is -2.13. The molecule has 2 unspecified atom stereocenters. The first-order valence-electron chi connectivity index (χ1n) is 6.27. The van der Waals surface area contributed by atoms with Crippen LogP contribution in [0.5, 0.6) is 0 Å². The zero-order valence-corrected chi connectivity index (χ0v) is 10.9. The van der Waals surface area contributed by atoms with Crippen LogP contribution >= 0.6 is 11.8 Å². The number of rotatable bonds is 6. The van der Waals surface area contributed by atoms with Crippen LogP contribution in [-0.4, -0.2) is 48.6 Å². The van der Waals surface area contributed by atoms with Crippen molar-refractivity contribution in [3.8, 4) is 0 Å². The van der Waals surface area contributed by atoms with Gasteiger partial charge in [0.15, 0.2) is 0 Å². The van der Waals surface area contributed by atoms with E-state index in [1.165, 1.54) is 43.9 Å². The lowest BCUT2D eigenvalue weighted by atomic mass is 10.2. The summed E-state index contributed by atoms with van der Waals surface area (Å²) < 4.78 is 0. The van der Waals surface area contributed by atoms with Gasteiger partial charge in [-0.3, -0.25) is 0 Å². The topological polar surface area (TPSA) is 15.3 Å². The van der Waals surface area contributed by atoms with Crippen molar-refractivity contribution in [1.82, 2.24) is 10.2 Å². The summed E-state index contributed by atoms with van der Waals surface area (Å²) in [6.07, 6.45) is 4.31. The number of thioether (sulfide) groups is 1. The molecule has 88 valence electrons. The van der Waals surface area contributed by atoms with Crippen molar-refractivity contribution in [3.63, 3.8) is 0 Å². The number of likely N-dealkylation sites (N-methyl/N-ethyl adjacent to an activating group) is 1. The molecule has 0 spiro atoms. The van der Waals surface area contributed by atoms with Gasteiger partial charge in [0.05, 0.1) is 0 Å². The van der Waals surface area contributed by atoms with Gasteiger partial charge >= 0.3 is 0 Å². The van der Waals surface area contributed by atoms with Crippen molar-refractivity contribution < 1.29 is 0 Å². The van der Waals surface area contributed by atoms with E-state index < -0.39 is 0 Å². The lowest BCUT2D eigenvalue weighted by Crippen LogP contribution is -2.33. The standard InChI is InChI=1S/C12H24N2S/c1-10-7-12(8-14(10)2)13-5-6-15-9-11-3-4-11/h10-13H,3-9H2,1-2H3. The van der Waals surface area contributed by atoms with Gasteiger partial charge in [0, 0.05) is 30.9 Å². The van der Waals surface area contributed by atoms with Crippen LogP contribution in [0.3, 0.4) is 0 Å². The zero-order valence-electron chi connectivity index (χ0n) is 10.0. The molecule has 2 atom stereocenters. The first-order chi connectivity index (χ1) is 7.25. The van der Waals surface area contributed by atoms with E-state index in [2.05, 4.69) is 35.9 Å². The average molecular weight is 228 g/mol. The third-order valence-corrected chi connectivity index (χ3v) is 4.82. The van der Waals surface area contributed by atoms with E-state index in [1.54, 1.807) is 0 Å². The molecule has 0 radical (unpaired) electrons. The van der Waals surface area contributed by atoms with Crippen molar-refractivity contribution in [3.05, 3.63) is 0 Å². The van der Waals surface area contributed by atoms with Crippen LogP contribution in [0.15, 0.2) is 0 Å². The Bertz CT molecular complexity index is 184. The largest absolute Gasteiger partial charge is 0.312 e. The maximum absolute atomic E-state index is 3.67. The molecule has 2 nitrogen and oxygen atoms in total. The second kappa shape index (κ2) is 5.55. The number of nitrogens with one attached hydrogen (secondary N) is 1. The summed E-state index contributed by atoms with van der Waals surface area (Å²) >= 11 is 2.13. The summed E-state index contributed by atoms with van der Waals surface area (Å²) in [6, 6.07) is 1.51. The quantitative estimate of drug-likeness (QED) is 0.698.